The molecule has 0 spiro atoms. The molecule has 2 aromatic carbocycles. The smallest absolute Gasteiger partial charge is 0.218 e. The summed E-state index contributed by atoms with van der Waals surface area (Å²) in [4.78, 5) is 2.87. The van der Waals surface area contributed by atoms with Gasteiger partial charge >= 0.3 is 0 Å². The van der Waals surface area contributed by atoms with Crippen molar-refractivity contribution < 1.29 is 14.6 Å². The van der Waals surface area contributed by atoms with Gasteiger partial charge < -0.3 is 24.9 Å². The highest BCUT2D eigenvalue weighted by atomic mass is 32.1. The maximum absolute atomic E-state index is 10.2. The minimum absolute atomic E-state index is 0.0920. The molecule has 1 aliphatic heterocycles. The van der Waals surface area contributed by atoms with Crippen molar-refractivity contribution in [3.05, 3.63) is 41.5 Å². The van der Waals surface area contributed by atoms with Crippen LogP contribution in [0.5, 0.6) is 17.4 Å². The molecule has 1 aliphatic rings. The number of aromatic nitrogens is 1. The number of aromatic hydroxyl groups is 1. The second kappa shape index (κ2) is 6.88. The molecule has 2 heterocycles. The molecule has 0 bridgehead atoms. The summed E-state index contributed by atoms with van der Waals surface area (Å²) in [6.07, 6.45) is 0. The lowest BCUT2D eigenvalue weighted by molar-refractivity contribution is 0.172. The van der Waals surface area contributed by atoms with Crippen LogP contribution in [0.2, 0.25) is 0 Å². The predicted molar refractivity (Wildman–Crippen MR) is 108 cm³/mol. The topological polar surface area (TPSA) is 91.2 Å². The van der Waals surface area contributed by atoms with Crippen LogP contribution in [0.25, 0.3) is 10.9 Å². The van der Waals surface area contributed by atoms with E-state index in [1.165, 1.54) is 0 Å². The quantitative estimate of drug-likeness (QED) is 0.440. The van der Waals surface area contributed by atoms with Gasteiger partial charge in [0.25, 0.3) is 0 Å². The van der Waals surface area contributed by atoms with Gasteiger partial charge in [-0.05, 0) is 49.3 Å². The molecule has 0 fully saturated rings. The van der Waals surface area contributed by atoms with Gasteiger partial charge in [-0.25, -0.2) is 0 Å². The number of aromatic amines is 1. The Morgan fingerprint density at radius 1 is 1.19 bits per heavy atom. The van der Waals surface area contributed by atoms with E-state index in [0.29, 0.717) is 41.3 Å². The summed E-state index contributed by atoms with van der Waals surface area (Å²) in [5.74, 6) is 1.15. The number of hydrogen-bond donors (Lipinski definition) is 3. The standard InChI is InChI=1S/C19H18N4O3S/c1-10-4-3-5-13(11(10)2)21-19(27)23-22-17-12-8-15-16(26-7-6-25-15)9-14(12)20-18(17)24/h3-5,8-9,20,24H,6-7H2,1-2H3,(H,21,27). The van der Waals surface area contributed by atoms with E-state index in [1.807, 2.05) is 32.0 Å². The first-order valence-corrected chi connectivity index (χ1v) is 8.87. The molecule has 0 saturated heterocycles. The van der Waals surface area contributed by atoms with Gasteiger partial charge in [0.05, 0.1) is 5.52 Å². The highest BCUT2D eigenvalue weighted by molar-refractivity contribution is 7.80. The van der Waals surface area contributed by atoms with E-state index in [2.05, 4.69) is 20.5 Å². The van der Waals surface area contributed by atoms with Crippen molar-refractivity contribution in [1.29, 1.82) is 0 Å². The number of nitrogens with zero attached hydrogens (tertiary/aromatic N) is 2. The van der Waals surface area contributed by atoms with Gasteiger partial charge in [0, 0.05) is 17.1 Å². The number of azo groups is 1. The number of hydrogen-bond acceptors (Lipinski definition) is 5. The summed E-state index contributed by atoms with van der Waals surface area (Å²) in [7, 11) is 0. The van der Waals surface area contributed by atoms with Gasteiger partial charge in [-0.1, -0.05) is 12.1 Å². The van der Waals surface area contributed by atoms with Crippen LogP contribution in [0.4, 0.5) is 11.4 Å². The molecule has 4 rings (SSSR count). The molecule has 7 nitrogen and oxygen atoms in total. The molecule has 8 heteroatoms. The van der Waals surface area contributed by atoms with Crippen LogP contribution in [0, 0.1) is 13.8 Å². The van der Waals surface area contributed by atoms with Gasteiger partial charge in [-0.15, -0.1) is 10.2 Å². The van der Waals surface area contributed by atoms with Crippen molar-refractivity contribution in [2.45, 2.75) is 13.8 Å². The van der Waals surface area contributed by atoms with Crippen molar-refractivity contribution in [3.8, 4) is 17.4 Å². The van der Waals surface area contributed by atoms with E-state index in [1.54, 1.807) is 12.1 Å². The molecular formula is C19H18N4O3S. The zero-order valence-corrected chi connectivity index (χ0v) is 15.7. The number of nitrogens with one attached hydrogen (secondary N) is 2. The highest BCUT2D eigenvalue weighted by Crippen LogP contribution is 2.42. The van der Waals surface area contributed by atoms with Crippen molar-refractivity contribution in [2.24, 2.45) is 10.2 Å². The van der Waals surface area contributed by atoms with Crippen LogP contribution in [-0.2, 0) is 0 Å². The van der Waals surface area contributed by atoms with Gasteiger partial charge in [-0.2, -0.15) is 0 Å². The van der Waals surface area contributed by atoms with Gasteiger partial charge in [0.2, 0.25) is 11.0 Å². The first-order valence-electron chi connectivity index (χ1n) is 8.46. The van der Waals surface area contributed by atoms with E-state index in [9.17, 15) is 5.11 Å². The molecule has 3 N–H and O–H groups in total. The monoisotopic (exact) mass is 382 g/mol. The van der Waals surface area contributed by atoms with Crippen LogP contribution in [0.15, 0.2) is 40.6 Å². The third-order valence-electron chi connectivity index (χ3n) is 4.50. The van der Waals surface area contributed by atoms with Crippen LogP contribution < -0.4 is 14.8 Å². The van der Waals surface area contributed by atoms with Gasteiger partial charge in [0.15, 0.2) is 17.2 Å². The summed E-state index contributed by atoms with van der Waals surface area (Å²) in [5.41, 5.74) is 4.10. The average molecular weight is 382 g/mol. The van der Waals surface area contributed by atoms with E-state index >= 15 is 0 Å². The second-order valence-corrected chi connectivity index (χ2v) is 6.63. The van der Waals surface area contributed by atoms with Crippen molar-refractivity contribution in [1.82, 2.24) is 4.98 Å². The molecule has 0 atom stereocenters. The summed E-state index contributed by atoms with van der Waals surface area (Å²) in [6.45, 7) is 5.02. The zero-order chi connectivity index (χ0) is 19.0. The number of benzene rings is 2. The normalized spacial score (nSPS) is 13.3. The average Bonchev–Trinajstić information content (AvgIpc) is 2.96. The lowest BCUT2D eigenvalue weighted by Gasteiger charge is -2.18. The third kappa shape index (κ3) is 3.31. The molecule has 0 amide bonds. The summed E-state index contributed by atoms with van der Waals surface area (Å²) < 4.78 is 11.1. The lowest BCUT2D eigenvalue weighted by Crippen LogP contribution is -2.15. The lowest BCUT2D eigenvalue weighted by atomic mass is 10.1. The van der Waals surface area contributed by atoms with Crippen molar-refractivity contribution in [3.63, 3.8) is 0 Å². The Hall–Kier alpha value is -3.13. The maximum atomic E-state index is 10.2. The van der Waals surface area contributed by atoms with Crippen LogP contribution in [-0.4, -0.2) is 28.4 Å². The van der Waals surface area contributed by atoms with Crippen LogP contribution >= 0.6 is 12.2 Å². The molecule has 138 valence electrons. The van der Waals surface area contributed by atoms with E-state index in [0.717, 1.165) is 16.8 Å². The Morgan fingerprint density at radius 2 is 1.93 bits per heavy atom. The Balaban J connectivity index is 1.61. The number of anilines is 1. The predicted octanol–water partition coefficient (Wildman–Crippen LogP) is 4.74. The number of aryl methyl sites for hydroxylation is 1. The third-order valence-corrected chi connectivity index (χ3v) is 4.69. The maximum Gasteiger partial charge on any atom is 0.218 e. The molecule has 27 heavy (non-hydrogen) atoms. The van der Waals surface area contributed by atoms with E-state index in [-0.39, 0.29) is 11.0 Å². The SMILES string of the molecule is Cc1cccc(NC(=S)N=Nc2c(O)[nH]c3cc4c(cc23)OCCO4)c1C. The fourth-order valence-corrected chi connectivity index (χ4v) is 3.08. The van der Waals surface area contributed by atoms with E-state index in [4.69, 9.17) is 21.7 Å². The molecule has 0 unspecified atom stereocenters. The fourth-order valence-electron chi connectivity index (χ4n) is 2.93. The number of thiocarbonyl (C=S) groups is 1. The Bertz CT molecular complexity index is 1070. The first-order chi connectivity index (χ1) is 13.0. The molecule has 3 aromatic rings. The molecular weight excluding hydrogens is 364 g/mol. The largest absolute Gasteiger partial charge is 0.493 e. The minimum Gasteiger partial charge on any atom is -0.493 e. The minimum atomic E-state index is -0.0920. The Kier molecular flexibility index (Phi) is 4.41. The van der Waals surface area contributed by atoms with Crippen LogP contribution in [0.1, 0.15) is 11.1 Å². The zero-order valence-electron chi connectivity index (χ0n) is 14.9. The molecule has 1 aromatic heterocycles. The van der Waals surface area contributed by atoms with Gasteiger partial charge in [-0.3, -0.25) is 0 Å². The van der Waals surface area contributed by atoms with E-state index < -0.39 is 0 Å². The van der Waals surface area contributed by atoms with Gasteiger partial charge in [0.1, 0.15) is 13.2 Å². The van der Waals surface area contributed by atoms with Crippen LogP contribution in [0.3, 0.4) is 0 Å². The number of H-pyrrole nitrogens is 1. The van der Waals surface area contributed by atoms with Crippen molar-refractivity contribution >= 4 is 39.6 Å². The summed E-state index contributed by atoms with van der Waals surface area (Å²) in [5, 5.41) is 22.3. The Labute approximate surface area is 161 Å². The summed E-state index contributed by atoms with van der Waals surface area (Å²) >= 11 is 5.27. The molecule has 0 radical (unpaired) electrons. The second-order valence-electron chi connectivity index (χ2n) is 6.24. The first kappa shape index (κ1) is 17.3. The fraction of sp³-hybridized carbons (Fsp3) is 0.211. The molecule has 0 aliphatic carbocycles. The number of rotatable bonds is 2. The number of fused-ring (bicyclic) bond motifs is 2. The number of ether oxygens (including phenoxy) is 2. The molecule has 0 saturated carbocycles. The highest BCUT2D eigenvalue weighted by Gasteiger charge is 2.18. The Morgan fingerprint density at radius 3 is 2.70 bits per heavy atom. The summed E-state index contributed by atoms with van der Waals surface area (Å²) in [6, 6.07) is 9.45. The van der Waals surface area contributed by atoms with Crippen molar-refractivity contribution in [2.75, 3.05) is 18.5 Å².